The zero-order chi connectivity index (χ0) is 19.9. The fourth-order valence-corrected chi connectivity index (χ4v) is 1.23. The summed E-state index contributed by atoms with van der Waals surface area (Å²) < 4.78 is 160. The van der Waals surface area contributed by atoms with Crippen molar-refractivity contribution in [2.75, 3.05) is 0 Å². The molecule has 0 aromatic heterocycles. The number of Topliss-reactive ketones (excluding diaryl/α,β-unsaturated/α-hetero) is 1. The SMILES string of the molecule is O=C(/C(=C(\C(F)=C(/Cl)C(F)(F)F)C(F)(F)F)C(F)(F)F)C(F)(F)F. The zero-order valence-electron chi connectivity index (χ0n) is 10.2. The second-order valence-corrected chi connectivity index (χ2v) is 4.08. The van der Waals surface area contributed by atoms with E-state index in [0.29, 0.717) is 0 Å². The standard InChI is InChI=1S/C9ClF13O/c10-4(8(18,19)20)3(11)1(6(12,13)14)2(7(15,16)17)5(24)9(21,22)23/b2-1-,4-3+. The van der Waals surface area contributed by atoms with Crippen LogP contribution in [0.5, 0.6) is 0 Å². The normalized spacial score (nSPS) is 16.6. The molecular formula is C9ClF13O. The third-order valence-electron chi connectivity index (χ3n) is 1.96. The minimum Gasteiger partial charge on any atom is -0.284 e. The van der Waals surface area contributed by atoms with E-state index in [0.717, 1.165) is 0 Å². The van der Waals surface area contributed by atoms with Gasteiger partial charge in [0.2, 0.25) is 0 Å². The van der Waals surface area contributed by atoms with Gasteiger partial charge in [-0.1, -0.05) is 11.6 Å². The van der Waals surface area contributed by atoms with Crippen LogP contribution in [0.2, 0.25) is 0 Å². The first kappa shape index (κ1) is 22.5. The van der Waals surface area contributed by atoms with Crippen LogP contribution in [0.4, 0.5) is 57.1 Å². The first-order chi connectivity index (χ1) is 10.2. The van der Waals surface area contributed by atoms with Crippen LogP contribution in [-0.4, -0.2) is 30.5 Å². The molecule has 0 aliphatic rings. The van der Waals surface area contributed by atoms with Crippen molar-refractivity contribution in [2.45, 2.75) is 24.7 Å². The lowest BCUT2D eigenvalue weighted by atomic mass is 10.0. The summed E-state index contributed by atoms with van der Waals surface area (Å²) in [5.74, 6) is -8.18. The second-order valence-electron chi connectivity index (χ2n) is 3.70. The molecule has 0 N–H and O–H groups in total. The van der Waals surface area contributed by atoms with Crippen LogP contribution in [0.1, 0.15) is 0 Å². The molecule has 1 nitrogen and oxygen atoms in total. The highest BCUT2D eigenvalue weighted by molar-refractivity contribution is 6.31. The first-order valence-electron chi connectivity index (χ1n) is 4.85. The number of hydrogen-bond acceptors (Lipinski definition) is 1. The van der Waals surface area contributed by atoms with E-state index in [9.17, 15) is 61.9 Å². The number of carbonyl (C=O) groups is 1. The highest BCUT2D eigenvalue weighted by atomic mass is 35.5. The van der Waals surface area contributed by atoms with E-state index in [4.69, 9.17) is 0 Å². The monoisotopic (exact) mass is 406 g/mol. The fourth-order valence-electron chi connectivity index (χ4n) is 1.14. The molecule has 0 rings (SSSR count). The van der Waals surface area contributed by atoms with Gasteiger partial charge in [-0.05, 0) is 0 Å². The quantitative estimate of drug-likeness (QED) is 0.335. The molecule has 24 heavy (non-hydrogen) atoms. The molecule has 0 spiro atoms. The molecule has 0 saturated heterocycles. The molecule has 15 heteroatoms. The number of carbonyl (C=O) groups excluding carboxylic acids is 1. The van der Waals surface area contributed by atoms with Crippen LogP contribution >= 0.6 is 11.6 Å². The predicted octanol–water partition coefficient (Wildman–Crippen LogP) is 5.52. The van der Waals surface area contributed by atoms with Crippen molar-refractivity contribution in [3.05, 3.63) is 22.0 Å². The van der Waals surface area contributed by atoms with E-state index < -0.39 is 52.5 Å². The summed E-state index contributed by atoms with van der Waals surface area (Å²) in [6.45, 7) is 0. The Bertz CT molecular complexity index is 568. The van der Waals surface area contributed by atoms with Crippen molar-refractivity contribution >= 4 is 17.4 Å². The molecule has 0 radical (unpaired) electrons. The third-order valence-corrected chi connectivity index (χ3v) is 2.34. The van der Waals surface area contributed by atoms with Crippen molar-refractivity contribution in [1.82, 2.24) is 0 Å². The molecule has 0 aliphatic heterocycles. The molecule has 0 bridgehead atoms. The maximum atomic E-state index is 13.2. The molecule has 0 amide bonds. The van der Waals surface area contributed by atoms with Crippen LogP contribution in [-0.2, 0) is 4.79 Å². The molecule has 0 saturated carbocycles. The Balaban J connectivity index is 7.12. The van der Waals surface area contributed by atoms with Gasteiger partial charge >= 0.3 is 24.7 Å². The Kier molecular flexibility index (Phi) is 6.05. The molecular weight excluding hydrogens is 407 g/mol. The Labute approximate surface area is 127 Å². The Morgan fingerprint density at radius 3 is 1.12 bits per heavy atom. The van der Waals surface area contributed by atoms with E-state index in [1.54, 1.807) is 0 Å². The summed E-state index contributed by atoms with van der Waals surface area (Å²) in [5.41, 5.74) is -8.36. The van der Waals surface area contributed by atoms with E-state index in [-0.39, 0.29) is 0 Å². The average molecular weight is 407 g/mol. The summed E-state index contributed by atoms with van der Waals surface area (Å²) in [4.78, 5) is 10.6. The van der Waals surface area contributed by atoms with Gasteiger partial charge in [0.15, 0.2) is 10.9 Å². The van der Waals surface area contributed by atoms with E-state index in [2.05, 4.69) is 11.6 Å². The van der Waals surface area contributed by atoms with E-state index >= 15 is 0 Å². The summed E-state index contributed by atoms with van der Waals surface area (Å²) in [6, 6.07) is 0. The van der Waals surface area contributed by atoms with E-state index in [1.807, 2.05) is 0 Å². The van der Waals surface area contributed by atoms with Crippen LogP contribution in [0, 0.1) is 0 Å². The van der Waals surface area contributed by atoms with Crippen molar-refractivity contribution in [3.63, 3.8) is 0 Å². The molecule has 0 heterocycles. The van der Waals surface area contributed by atoms with Gasteiger partial charge in [0.25, 0.3) is 5.78 Å². The maximum absolute atomic E-state index is 13.2. The molecule has 0 aromatic rings. The molecule has 0 fully saturated rings. The van der Waals surface area contributed by atoms with Gasteiger partial charge in [-0.25, -0.2) is 4.39 Å². The molecule has 140 valence electrons. The van der Waals surface area contributed by atoms with E-state index in [1.165, 1.54) is 0 Å². The number of hydrogen-bond donors (Lipinski definition) is 0. The lowest BCUT2D eigenvalue weighted by Crippen LogP contribution is -2.36. The van der Waals surface area contributed by atoms with Crippen molar-refractivity contribution in [1.29, 1.82) is 0 Å². The predicted molar refractivity (Wildman–Crippen MR) is 50.2 cm³/mol. The Morgan fingerprint density at radius 2 is 0.917 bits per heavy atom. The highest BCUT2D eigenvalue weighted by Crippen LogP contribution is 2.46. The van der Waals surface area contributed by atoms with Gasteiger partial charge in [0.1, 0.15) is 11.1 Å². The number of allylic oxidation sites excluding steroid dienone is 4. The van der Waals surface area contributed by atoms with Gasteiger partial charge in [-0.3, -0.25) is 4.79 Å². The summed E-state index contributed by atoms with van der Waals surface area (Å²) in [5, 5.41) is -3.42. The molecule has 0 atom stereocenters. The summed E-state index contributed by atoms with van der Waals surface area (Å²) in [6.07, 6.45) is -26.3. The largest absolute Gasteiger partial charge is 0.454 e. The number of rotatable bonds is 2. The van der Waals surface area contributed by atoms with Crippen LogP contribution < -0.4 is 0 Å². The fraction of sp³-hybridized carbons (Fsp3) is 0.444. The summed E-state index contributed by atoms with van der Waals surface area (Å²) >= 11 is 4.11. The van der Waals surface area contributed by atoms with Crippen molar-refractivity contribution in [2.24, 2.45) is 0 Å². The smallest absolute Gasteiger partial charge is 0.284 e. The van der Waals surface area contributed by atoms with Gasteiger partial charge < -0.3 is 0 Å². The number of alkyl halides is 12. The molecule has 0 aliphatic carbocycles. The Morgan fingerprint density at radius 1 is 0.583 bits per heavy atom. The highest BCUT2D eigenvalue weighted by Gasteiger charge is 2.58. The second kappa shape index (κ2) is 6.44. The van der Waals surface area contributed by atoms with Crippen molar-refractivity contribution in [3.8, 4) is 0 Å². The van der Waals surface area contributed by atoms with Gasteiger partial charge in [-0.2, -0.15) is 52.7 Å². The van der Waals surface area contributed by atoms with Crippen LogP contribution in [0.25, 0.3) is 0 Å². The molecule has 0 aromatic carbocycles. The number of ketones is 1. The zero-order valence-corrected chi connectivity index (χ0v) is 11.0. The van der Waals surface area contributed by atoms with Crippen LogP contribution in [0.3, 0.4) is 0 Å². The lowest BCUT2D eigenvalue weighted by molar-refractivity contribution is -0.177. The minimum absolute atomic E-state index is 3.42. The maximum Gasteiger partial charge on any atom is 0.454 e. The van der Waals surface area contributed by atoms with Gasteiger partial charge in [-0.15, -0.1) is 0 Å². The summed E-state index contributed by atoms with van der Waals surface area (Å²) in [7, 11) is 0. The topological polar surface area (TPSA) is 17.1 Å². The van der Waals surface area contributed by atoms with Crippen LogP contribution in [0.15, 0.2) is 22.0 Å². The number of halogens is 14. The average Bonchev–Trinajstić information content (AvgIpc) is 2.27. The lowest BCUT2D eigenvalue weighted by Gasteiger charge is -2.20. The first-order valence-corrected chi connectivity index (χ1v) is 5.23. The minimum atomic E-state index is -6.79. The molecule has 0 unspecified atom stereocenters. The Hall–Kier alpha value is -1.47. The van der Waals surface area contributed by atoms with Gasteiger partial charge in [0.05, 0.1) is 0 Å². The van der Waals surface area contributed by atoms with Gasteiger partial charge in [0, 0.05) is 0 Å². The third kappa shape index (κ3) is 5.27. The van der Waals surface area contributed by atoms with Crippen molar-refractivity contribution < 1.29 is 61.9 Å².